The summed E-state index contributed by atoms with van der Waals surface area (Å²) in [4.78, 5) is 30.4. The van der Waals surface area contributed by atoms with Crippen LogP contribution < -0.4 is 0 Å². The van der Waals surface area contributed by atoms with Crippen LogP contribution in [0.2, 0.25) is 0 Å². The molecular formula is C26H33N3O2. The zero-order valence-corrected chi connectivity index (χ0v) is 19.1. The highest BCUT2D eigenvalue weighted by atomic mass is 16.2. The SMILES string of the molecule is CCC(=O)n1c(C2CC2)c2c3c(cccc31)C1=C[C@@H](C(=O)N(CC)CC)CN(C)[C@@H]1C2. The van der Waals surface area contributed by atoms with Crippen molar-refractivity contribution in [3.05, 3.63) is 41.1 Å². The molecule has 2 heterocycles. The molecule has 5 heteroatoms. The molecule has 1 fully saturated rings. The van der Waals surface area contributed by atoms with E-state index in [0.717, 1.165) is 31.6 Å². The molecule has 0 spiro atoms. The standard InChI is InChI=1S/C26H33N3O2/c1-5-23(30)29-21-10-8-9-18-19-13-17(26(31)28(6-2)7-3)15-27(4)22(19)14-20(24(18)21)25(29)16-11-12-16/h8-10,13,16-17,22H,5-7,11-12,14-15H2,1-4H3/t17-,22-/m1/s1. The van der Waals surface area contributed by atoms with Crippen molar-refractivity contribution < 1.29 is 9.59 Å². The van der Waals surface area contributed by atoms with E-state index in [9.17, 15) is 9.59 Å². The molecule has 2 aromatic rings. The Kier molecular flexibility index (Phi) is 5.04. The number of aromatic nitrogens is 1. The van der Waals surface area contributed by atoms with Crippen LogP contribution in [-0.4, -0.2) is 58.9 Å². The van der Waals surface area contributed by atoms with E-state index in [1.54, 1.807) is 0 Å². The molecular weight excluding hydrogens is 386 g/mol. The number of hydrogen-bond donors (Lipinski definition) is 0. The van der Waals surface area contributed by atoms with Crippen molar-refractivity contribution in [2.45, 2.75) is 58.4 Å². The summed E-state index contributed by atoms with van der Waals surface area (Å²) in [5.41, 5.74) is 6.18. The summed E-state index contributed by atoms with van der Waals surface area (Å²) in [5, 5.41) is 1.25. The van der Waals surface area contributed by atoms with Gasteiger partial charge in [0.2, 0.25) is 11.8 Å². The first-order valence-corrected chi connectivity index (χ1v) is 11.9. The second kappa shape index (κ2) is 7.63. The molecule has 1 aromatic heterocycles. The van der Waals surface area contributed by atoms with Crippen LogP contribution in [0.4, 0.5) is 0 Å². The third-order valence-electron chi connectivity index (χ3n) is 7.51. The van der Waals surface area contributed by atoms with E-state index < -0.39 is 0 Å². The van der Waals surface area contributed by atoms with Crippen molar-refractivity contribution in [3.63, 3.8) is 0 Å². The second-order valence-corrected chi connectivity index (χ2v) is 9.32. The van der Waals surface area contributed by atoms with Gasteiger partial charge in [-0.3, -0.25) is 19.1 Å². The molecule has 5 rings (SSSR count). The summed E-state index contributed by atoms with van der Waals surface area (Å²) < 4.78 is 2.03. The first-order valence-electron chi connectivity index (χ1n) is 11.9. The lowest BCUT2D eigenvalue weighted by atomic mass is 9.78. The van der Waals surface area contributed by atoms with Crippen LogP contribution >= 0.6 is 0 Å². The Hall–Kier alpha value is -2.40. The third-order valence-corrected chi connectivity index (χ3v) is 7.51. The lowest BCUT2D eigenvalue weighted by molar-refractivity contribution is -0.134. The molecule has 0 bridgehead atoms. The molecule has 31 heavy (non-hydrogen) atoms. The Bertz CT molecular complexity index is 1090. The summed E-state index contributed by atoms with van der Waals surface area (Å²) in [6.45, 7) is 8.29. The minimum absolute atomic E-state index is 0.116. The van der Waals surface area contributed by atoms with Crippen molar-refractivity contribution in [2.24, 2.45) is 5.92 Å². The second-order valence-electron chi connectivity index (χ2n) is 9.32. The van der Waals surface area contributed by atoms with Gasteiger partial charge in [0.25, 0.3) is 0 Å². The van der Waals surface area contributed by atoms with Crippen LogP contribution in [0.25, 0.3) is 16.5 Å². The van der Waals surface area contributed by atoms with E-state index in [0.29, 0.717) is 12.3 Å². The lowest BCUT2D eigenvalue weighted by Crippen LogP contribution is -2.47. The molecule has 0 N–H and O–H groups in total. The maximum Gasteiger partial charge on any atom is 0.231 e. The zero-order valence-electron chi connectivity index (χ0n) is 19.1. The van der Waals surface area contributed by atoms with E-state index in [1.807, 2.05) is 30.2 Å². The van der Waals surface area contributed by atoms with Gasteiger partial charge in [-0.2, -0.15) is 0 Å². The largest absolute Gasteiger partial charge is 0.343 e. The smallest absolute Gasteiger partial charge is 0.231 e. The van der Waals surface area contributed by atoms with Gasteiger partial charge in [0.1, 0.15) is 0 Å². The Morgan fingerprint density at radius 3 is 2.52 bits per heavy atom. The van der Waals surface area contributed by atoms with Crippen molar-refractivity contribution >= 4 is 28.3 Å². The topological polar surface area (TPSA) is 45.6 Å². The molecule has 2 atom stereocenters. The Balaban J connectivity index is 1.69. The minimum Gasteiger partial charge on any atom is -0.343 e. The number of rotatable bonds is 5. The lowest BCUT2D eigenvalue weighted by Gasteiger charge is -2.40. The van der Waals surface area contributed by atoms with E-state index in [-0.39, 0.29) is 23.8 Å². The van der Waals surface area contributed by atoms with Gasteiger partial charge in [-0.05, 0) is 62.9 Å². The van der Waals surface area contributed by atoms with Gasteiger partial charge in [0.15, 0.2) is 0 Å². The van der Waals surface area contributed by atoms with Crippen LogP contribution in [0.15, 0.2) is 24.3 Å². The molecule has 0 saturated heterocycles. The first kappa shape index (κ1) is 20.5. The fourth-order valence-electron chi connectivity index (χ4n) is 5.80. The zero-order chi connectivity index (χ0) is 21.9. The fourth-order valence-corrected chi connectivity index (χ4v) is 5.80. The monoisotopic (exact) mass is 419 g/mol. The number of carbonyl (C=O) groups is 2. The normalized spacial score (nSPS) is 22.9. The van der Waals surface area contributed by atoms with Crippen molar-refractivity contribution in [3.8, 4) is 0 Å². The number of benzene rings is 1. The molecule has 2 aliphatic carbocycles. The summed E-state index contributed by atoms with van der Waals surface area (Å²) in [7, 11) is 2.15. The first-order chi connectivity index (χ1) is 15.0. The highest BCUT2D eigenvalue weighted by Crippen LogP contribution is 2.50. The van der Waals surface area contributed by atoms with Gasteiger partial charge in [-0.25, -0.2) is 0 Å². The summed E-state index contributed by atoms with van der Waals surface area (Å²) in [5.74, 6) is 0.813. The van der Waals surface area contributed by atoms with Crippen molar-refractivity contribution in [1.29, 1.82) is 0 Å². The van der Waals surface area contributed by atoms with Crippen LogP contribution in [-0.2, 0) is 11.2 Å². The molecule has 1 saturated carbocycles. The fraction of sp³-hybridized carbons (Fsp3) is 0.538. The summed E-state index contributed by atoms with van der Waals surface area (Å²) in [6, 6.07) is 6.65. The van der Waals surface area contributed by atoms with Gasteiger partial charge >= 0.3 is 0 Å². The Morgan fingerprint density at radius 2 is 1.87 bits per heavy atom. The number of nitrogens with zero attached hydrogens (tertiary/aromatic N) is 3. The highest BCUT2D eigenvalue weighted by molar-refractivity contribution is 6.04. The number of amides is 1. The van der Waals surface area contributed by atoms with Crippen molar-refractivity contribution in [1.82, 2.24) is 14.4 Å². The van der Waals surface area contributed by atoms with E-state index in [1.165, 1.54) is 40.6 Å². The third kappa shape index (κ3) is 3.08. The van der Waals surface area contributed by atoms with Crippen LogP contribution in [0.3, 0.4) is 0 Å². The highest BCUT2D eigenvalue weighted by Gasteiger charge is 2.41. The number of likely N-dealkylation sites (N-methyl/N-ethyl adjacent to an activating group) is 1. The number of carbonyl (C=O) groups excluding carboxylic acids is 2. The average molecular weight is 420 g/mol. The average Bonchev–Trinajstić information content (AvgIpc) is 3.57. The molecule has 1 amide bonds. The molecule has 0 unspecified atom stereocenters. The Labute approximate surface area is 184 Å². The van der Waals surface area contributed by atoms with Crippen molar-refractivity contribution in [2.75, 3.05) is 26.7 Å². The maximum atomic E-state index is 13.2. The van der Waals surface area contributed by atoms with Crippen LogP contribution in [0, 0.1) is 5.92 Å². The van der Waals surface area contributed by atoms with Gasteiger partial charge < -0.3 is 4.90 Å². The molecule has 164 valence electrons. The van der Waals surface area contributed by atoms with Gasteiger partial charge in [0, 0.05) is 49.1 Å². The van der Waals surface area contributed by atoms with Crippen LogP contribution in [0.1, 0.15) is 67.6 Å². The van der Waals surface area contributed by atoms with Gasteiger partial charge in [-0.1, -0.05) is 25.1 Å². The molecule has 3 aliphatic rings. The minimum atomic E-state index is -0.116. The van der Waals surface area contributed by atoms with Crippen LogP contribution in [0.5, 0.6) is 0 Å². The molecule has 1 aliphatic heterocycles. The Morgan fingerprint density at radius 1 is 1.13 bits per heavy atom. The van der Waals surface area contributed by atoms with Gasteiger partial charge in [0.05, 0.1) is 11.4 Å². The van der Waals surface area contributed by atoms with E-state index >= 15 is 0 Å². The number of fused-ring (bicyclic) bond motifs is 2. The van der Waals surface area contributed by atoms with Gasteiger partial charge in [-0.15, -0.1) is 0 Å². The summed E-state index contributed by atoms with van der Waals surface area (Å²) in [6.07, 6.45) is 6.04. The number of hydrogen-bond acceptors (Lipinski definition) is 3. The molecule has 1 aromatic carbocycles. The molecule has 5 nitrogen and oxygen atoms in total. The molecule has 0 radical (unpaired) electrons. The van der Waals surface area contributed by atoms with E-state index in [2.05, 4.69) is 36.2 Å². The predicted octanol–water partition coefficient (Wildman–Crippen LogP) is 4.31. The maximum absolute atomic E-state index is 13.2. The predicted molar refractivity (Wildman–Crippen MR) is 124 cm³/mol. The van der Waals surface area contributed by atoms with E-state index in [4.69, 9.17) is 0 Å². The summed E-state index contributed by atoms with van der Waals surface area (Å²) >= 11 is 0. The quantitative estimate of drug-likeness (QED) is 0.726.